The summed E-state index contributed by atoms with van der Waals surface area (Å²) < 4.78 is 6.29. The molecule has 1 aromatic rings. The second-order valence-corrected chi connectivity index (χ2v) is 7.51. The van der Waals surface area contributed by atoms with E-state index in [1.165, 1.54) is 6.07 Å². The predicted molar refractivity (Wildman–Crippen MR) is 92.8 cm³/mol. The van der Waals surface area contributed by atoms with E-state index in [0.717, 1.165) is 5.33 Å². The number of benzene rings is 1. The molecule has 0 amide bonds. The summed E-state index contributed by atoms with van der Waals surface area (Å²) in [4.78, 5) is 10.6. The molecule has 114 valence electrons. The van der Waals surface area contributed by atoms with Crippen molar-refractivity contribution in [1.82, 2.24) is 0 Å². The first-order valence-electron chi connectivity index (χ1n) is 6.27. The van der Waals surface area contributed by atoms with E-state index in [4.69, 9.17) is 10.00 Å². The molecule has 0 saturated heterocycles. The van der Waals surface area contributed by atoms with Crippen molar-refractivity contribution in [1.29, 1.82) is 5.26 Å². The Kier molecular flexibility index (Phi) is 6.41. The fourth-order valence-corrected chi connectivity index (χ4v) is 3.56. The van der Waals surface area contributed by atoms with Gasteiger partial charge in [-0.15, -0.1) is 0 Å². The largest absolute Gasteiger partial charge is 0.486 e. The average molecular weight is 467 g/mol. The van der Waals surface area contributed by atoms with Crippen LogP contribution in [0.3, 0.4) is 0 Å². The lowest BCUT2D eigenvalue weighted by Crippen LogP contribution is -2.28. The summed E-state index contributed by atoms with van der Waals surface area (Å²) >= 11 is 5.41. The summed E-state index contributed by atoms with van der Waals surface area (Å²) in [5.41, 5.74) is 0.114. The minimum Gasteiger partial charge on any atom is -0.486 e. The van der Waals surface area contributed by atoms with E-state index in [0.29, 0.717) is 10.2 Å². The molecule has 0 aliphatic carbocycles. The highest BCUT2D eigenvalue weighted by atomic mass is 127. The molecule has 0 saturated carbocycles. The number of nitro groups is 1. The Balaban J connectivity index is 3.09. The van der Waals surface area contributed by atoms with Gasteiger partial charge in [0.1, 0.15) is 0 Å². The zero-order chi connectivity index (χ0) is 16.2. The molecular formula is C14H16BrIN2O3. The topological polar surface area (TPSA) is 76.2 Å². The number of ether oxygens (including phenoxy) is 1. The molecule has 0 fully saturated rings. The molecule has 0 heterocycles. The molecule has 1 atom stereocenters. The van der Waals surface area contributed by atoms with Gasteiger partial charge in [-0.1, -0.05) is 36.7 Å². The highest BCUT2D eigenvalue weighted by molar-refractivity contribution is 14.1. The third-order valence-electron chi connectivity index (χ3n) is 3.19. The maximum Gasteiger partial charge on any atom is 0.313 e. The normalized spacial score (nSPS) is 12.6. The van der Waals surface area contributed by atoms with Crippen molar-refractivity contribution in [3.8, 4) is 11.8 Å². The van der Waals surface area contributed by atoms with Crippen LogP contribution in [0, 0.1) is 36.3 Å². The summed E-state index contributed by atoms with van der Waals surface area (Å²) in [6.07, 6.45) is 0. The van der Waals surface area contributed by atoms with Crippen LogP contribution in [0.1, 0.15) is 26.3 Å². The Morgan fingerprint density at radius 1 is 1.52 bits per heavy atom. The number of nitriles is 1. The van der Waals surface area contributed by atoms with Gasteiger partial charge in [0.2, 0.25) is 5.75 Å². The molecule has 0 aliphatic rings. The lowest BCUT2D eigenvalue weighted by atomic mass is 9.83. The van der Waals surface area contributed by atoms with Crippen LogP contribution in [0.15, 0.2) is 12.1 Å². The quantitative estimate of drug-likeness (QED) is 0.277. The van der Waals surface area contributed by atoms with Crippen LogP contribution in [0.2, 0.25) is 0 Å². The van der Waals surface area contributed by atoms with Gasteiger partial charge in [-0.3, -0.25) is 10.1 Å². The van der Waals surface area contributed by atoms with Crippen molar-refractivity contribution in [2.24, 2.45) is 11.3 Å². The molecule has 0 spiro atoms. The molecule has 1 aromatic carbocycles. The van der Waals surface area contributed by atoms with Crippen LogP contribution in [0.5, 0.6) is 5.75 Å². The molecular weight excluding hydrogens is 451 g/mol. The van der Waals surface area contributed by atoms with E-state index in [1.807, 2.05) is 28.7 Å². The Morgan fingerprint density at radius 3 is 2.57 bits per heavy atom. The van der Waals surface area contributed by atoms with Gasteiger partial charge in [-0.05, 0) is 34.1 Å². The number of hydrogen-bond acceptors (Lipinski definition) is 4. The smallest absolute Gasteiger partial charge is 0.313 e. The monoisotopic (exact) mass is 466 g/mol. The van der Waals surface area contributed by atoms with Crippen molar-refractivity contribution in [3.63, 3.8) is 0 Å². The molecule has 0 bridgehead atoms. The number of rotatable bonds is 5. The highest BCUT2D eigenvalue weighted by Gasteiger charge is 2.27. The van der Waals surface area contributed by atoms with Gasteiger partial charge in [-0.2, -0.15) is 5.26 Å². The Hall–Kier alpha value is -0.880. The van der Waals surface area contributed by atoms with E-state index in [1.54, 1.807) is 6.07 Å². The molecule has 1 rings (SSSR count). The maximum atomic E-state index is 11.2. The van der Waals surface area contributed by atoms with Gasteiger partial charge in [0.05, 0.1) is 26.7 Å². The number of halogens is 2. The summed E-state index contributed by atoms with van der Waals surface area (Å²) in [7, 11) is 0. The number of alkyl halides is 1. The van der Waals surface area contributed by atoms with Gasteiger partial charge < -0.3 is 4.74 Å². The summed E-state index contributed by atoms with van der Waals surface area (Å²) in [6, 6.07) is 4.75. The van der Waals surface area contributed by atoms with Gasteiger partial charge in [0.15, 0.2) is 0 Å². The molecule has 5 nitrogen and oxygen atoms in total. The molecule has 0 radical (unpaired) electrons. The van der Waals surface area contributed by atoms with Crippen molar-refractivity contribution < 1.29 is 9.66 Å². The minimum absolute atomic E-state index is 0.0241. The molecule has 0 aromatic heterocycles. The van der Waals surface area contributed by atoms with E-state index in [-0.39, 0.29) is 28.3 Å². The van der Waals surface area contributed by atoms with E-state index in [9.17, 15) is 10.1 Å². The first kappa shape index (κ1) is 18.2. The predicted octanol–water partition coefficient (Wildman–Crippen LogP) is 4.51. The number of nitrogens with zero attached hydrogens (tertiary/aromatic N) is 2. The lowest BCUT2D eigenvalue weighted by Gasteiger charge is -2.29. The summed E-state index contributed by atoms with van der Waals surface area (Å²) in [5, 5.41) is 20.8. The third kappa shape index (κ3) is 4.81. The molecule has 1 unspecified atom stereocenters. The summed E-state index contributed by atoms with van der Waals surface area (Å²) in [6.45, 7) is 6.67. The first-order chi connectivity index (χ1) is 9.70. The zero-order valence-electron chi connectivity index (χ0n) is 12.0. The van der Waals surface area contributed by atoms with Crippen LogP contribution >= 0.6 is 38.5 Å². The Morgan fingerprint density at radius 2 is 2.14 bits per heavy atom. The maximum absolute atomic E-state index is 11.2. The highest BCUT2D eigenvalue weighted by Crippen LogP contribution is 2.35. The second-order valence-electron chi connectivity index (χ2n) is 5.70. The van der Waals surface area contributed by atoms with Crippen molar-refractivity contribution in [2.45, 2.75) is 20.8 Å². The Labute approximate surface area is 146 Å². The van der Waals surface area contributed by atoms with Crippen LogP contribution in [0.25, 0.3) is 0 Å². The van der Waals surface area contributed by atoms with E-state index < -0.39 is 4.92 Å². The molecule has 0 aliphatic heterocycles. The van der Waals surface area contributed by atoms with Crippen LogP contribution in [-0.2, 0) is 0 Å². The van der Waals surface area contributed by atoms with Crippen molar-refractivity contribution in [2.75, 3.05) is 11.9 Å². The van der Waals surface area contributed by atoms with Gasteiger partial charge in [0.25, 0.3) is 0 Å². The fraction of sp³-hybridized carbons (Fsp3) is 0.500. The van der Waals surface area contributed by atoms with Crippen LogP contribution in [0.4, 0.5) is 5.69 Å². The summed E-state index contributed by atoms with van der Waals surface area (Å²) in [5.74, 6) is 0.443. The molecule has 21 heavy (non-hydrogen) atoms. The first-order valence-corrected chi connectivity index (χ1v) is 8.47. The van der Waals surface area contributed by atoms with Gasteiger partial charge in [0, 0.05) is 17.3 Å². The second kappa shape index (κ2) is 7.40. The van der Waals surface area contributed by atoms with Gasteiger partial charge >= 0.3 is 5.69 Å². The van der Waals surface area contributed by atoms with Gasteiger partial charge in [-0.25, -0.2) is 0 Å². The molecule has 0 N–H and O–H groups in total. The number of hydrogen-bond donors (Lipinski definition) is 0. The van der Waals surface area contributed by atoms with Crippen molar-refractivity contribution >= 4 is 44.2 Å². The average Bonchev–Trinajstić information content (AvgIpc) is 2.38. The third-order valence-corrected chi connectivity index (χ3v) is 4.77. The lowest BCUT2D eigenvalue weighted by molar-refractivity contribution is -0.386. The zero-order valence-corrected chi connectivity index (χ0v) is 15.8. The standard InChI is InChI=1S/C14H16BrIN2O3/c1-14(2,3)10(6-15)8-21-13-11(16)4-9(7-17)5-12(13)18(19)20/h4-5,10H,6,8H2,1-3H3. The van der Waals surface area contributed by atoms with E-state index >= 15 is 0 Å². The fourth-order valence-electron chi connectivity index (χ4n) is 1.63. The molecule has 7 heteroatoms. The van der Waals surface area contributed by atoms with Crippen LogP contribution in [-0.4, -0.2) is 16.9 Å². The van der Waals surface area contributed by atoms with E-state index in [2.05, 4.69) is 36.7 Å². The Bertz CT molecular complexity index is 579. The SMILES string of the molecule is CC(C)(C)C(CBr)COc1c(I)cc(C#N)cc1[N+](=O)[O-]. The van der Waals surface area contributed by atoms with Crippen LogP contribution < -0.4 is 4.74 Å². The van der Waals surface area contributed by atoms with Crippen molar-refractivity contribution in [3.05, 3.63) is 31.4 Å². The number of nitro benzene ring substituents is 1. The minimum atomic E-state index is -0.515.